The van der Waals surface area contributed by atoms with Crippen LogP contribution in [0.25, 0.3) is 0 Å². The van der Waals surface area contributed by atoms with Crippen LogP contribution in [0.3, 0.4) is 0 Å². The zero-order valence-electron chi connectivity index (χ0n) is 11.3. The highest BCUT2D eigenvalue weighted by Gasteiger charge is 2.27. The first-order chi connectivity index (χ1) is 8.41. The third-order valence-corrected chi connectivity index (χ3v) is 3.87. The molecule has 5 nitrogen and oxygen atoms in total. The Morgan fingerprint density at radius 3 is 2.39 bits per heavy atom. The molecule has 0 aromatic rings. The summed E-state index contributed by atoms with van der Waals surface area (Å²) in [6.45, 7) is 2.23. The summed E-state index contributed by atoms with van der Waals surface area (Å²) < 4.78 is 0. The van der Waals surface area contributed by atoms with Gasteiger partial charge in [0.05, 0.1) is 6.04 Å². The molecule has 1 fully saturated rings. The van der Waals surface area contributed by atoms with Crippen molar-refractivity contribution in [2.75, 3.05) is 7.05 Å². The average Bonchev–Trinajstić information content (AvgIpc) is 2.35. The number of carbonyl (C=O) groups excluding carboxylic acids is 1. The van der Waals surface area contributed by atoms with Gasteiger partial charge in [-0.05, 0) is 38.0 Å². The van der Waals surface area contributed by atoms with Crippen LogP contribution in [0.2, 0.25) is 0 Å². The Kier molecular flexibility index (Phi) is 5.59. The van der Waals surface area contributed by atoms with Crippen LogP contribution in [-0.2, 0) is 9.59 Å². The second-order valence-corrected chi connectivity index (χ2v) is 5.40. The van der Waals surface area contributed by atoms with Gasteiger partial charge in [-0.1, -0.05) is 6.92 Å². The molecule has 0 bridgehead atoms. The lowest BCUT2D eigenvalue weighted by atomic mass is 9.86. The molecule has 0 heterocycles. The maximum atomic E-state index is 12.0. The van der Waals surface area contributed by atoms with Crippen LogP contribution in [0.5, 0.6) is 0 Å². The predicted octanol–water partition coefficient (Wildman–Crippen LogP) is 1.22. The lowest BCUT2D eigenvalue weighted by Gasteiger charge is -2.34. The third-order valence-electron chi connectivity index (χ3n) is 3.87. The minimum atomic E-state index is -0.910. The van der Waals surface area contributed by atoms with Gasteiger partial charge >= 0.3 is 5.97 Å². The van der Waals surface area contributed by atoms with Crippen molar-refractivity contribution in [1.29, 1.82) is 0 Å². The first-order valence-electron chi connectivity index (χ1n) is 6.66. The summed E-state index contributed by atoms with van der Waals surface area (Å²) in [5.41, 5.74) is 5.75. The first kappa shape index (κ1) is 15.0. The maximum absolute atomic E-state index is 12.0. The summed E-state index contributed by atoms with van der Waals surface area (Å²) in [4.78, 5) is 24.2. The van der Waals surface area contributed by atoms with Crippen molar-refractivity contribution in [2.24, 2.45) is 11.7 Å². The Labute approximate surface area is 108 Å². The van der Waals surface area contributed by atoms with Gasteiger partial charge in [0, 0.05) is 19.5 Å². The SMILES string of the molecule is CC1CCC(N(C)C(=O)C(N)CCC(=O)O)CC1. The van der Waals surface area contributed by atoms with E-state index in [-0.39, 0.29) is 24.8 Å². The molecule has 0 aromatic carbocycles. The highest BCUT2D eigenvalue weighted by molar-refractivity contribution is 5.82. The number of hydrogen-bond acceptors (Lipinski definition) is 3. The van der Waals surface area contributed by atoms with Crippen LogP contribution in [0.15, 0.2) is 0 Å². The highest BCUT2D eigenvalue weighted by atomic mass is 16.4. The summed E-state index contributed by atoms with van der Waals surface area (Å²) in [5.74, 6) is -0.298. The van der Waals surface area contributed by atoms with Crippen LogP contribution in [0.4, 0.5) is 0 Å². The van der Waals surface area contributed by atoms with Gasteiger partial charge in [0.1, 0.15) is 0 Å². The fraction of sp³-hybridized carbons (Fsp3) is 0.846. The second-order valence-electron chi connectivity index (χ2n) is 5.40. The molecule has 0 saturated heterocycles. The normalized spacial score (nSPS) is 25.5. The van der Waals surface area contributed by atoms with Crippen LogP contribution < -0.4 is 5.73 Å². The Balaban J connectivity index is 2.42. The number of hydrogen-bond donors (Lipinski definition) is 2. The number of carboxylic acids is 1. The summed E-state index contributed by atoms with van der Waals surface area (Å²) in [6.07, 6.45) is 4.49. The molecule has 1 atom stereocenters. The number of likely N-dealkylation sites (N-methyl/N-ethyl adjacent to an activating group) is 1. The molecule has 3 N–H and O–H groups in total. The molecule has 0 aliphatic heterocycles. The van der Waals surface area contributed by atoms with Crippen LogP contribution in [-0.4, -0.2) is 41.0 Å². The van der Waals surface area contributed by atoms with Gasteiger partial charge in [-0.15, -0.1) is 0 Å². The van der Waals surface area contributed by atoms with Crippen molar-refractivity contribution in [3.05, 3.63) is 0 Å². The molecule has 0 aromatic heterocycles. The van der Waals surface area contributed by atoms with Crippen molar-refractivity contribution in [3.63, 3.8) is 0 Å². The fourth-order valence-corrected chi connectivity index (χ4v) is 2.47. The maximum Gasteiger partial charge on any atom is 0.303 e. The predicted molar refractivity (Wildman–Crippen MR) is 69.0 cm³/mol. The van der Waals surface area contributed by atoms with E-state index in [0.717, 1.165) is 31.6 Å². The van der Waals surface area contributed by atoms with E-state index in [1.54, 1.807) is 11.9 Å². The number of nitrogens with zero attached hydrogens (tertiary/aromatic N) is 1. The zero-order chi connectivity index (χ0) is 13.7. The van der Waals surface area contributed by atoms with E-state index < -0.39 is 12.0 Å². The molecule has 104 valence electrons. The van der Waals surface area contributed by atoms with Crippen LogP contribution in [0.1, 0.15) is 45.4 Å². The van der Waals surface area contributed by atoms with Gasteiger partial charge in [-0.3, -0.25) is 9.59 Å². The Morgan fingerprint density at radius 2 is 1.89 bits per heavy atom. The van der Waals surface area contributed by atoms with E-state index >= 15 is 0 Å². The first-order valence-corrected chi connectivity index (χ1v) is 6.66. The molecule has 5 heteroatoms. The van der Waals surface area contributed by atoms with Gasteiger partial charge < -0.3 is 15.7 Å². The molecule has 1 amide bonds. The minimum Gasteiger partial charge on any atom is -0.481 e. The van der Waals surface area contributed by atoms with Gasteiger partial charge in [0.2, 0.25) is 5.91 Å². The molecular formula is C13H24N2O3. The van der Waals surface area contributed by atoms with E-state index in [4.69, 9.17) is 10.8 Å². The number of carboxylic acid groups (broad SMARTS) is 1. The minimum absolute atomic E-state index is 0.0531. The van der Waals surface area contributed by atoms with E-state index in [1.165, 1.54) is 0 Å². The Morgan fingerprint density at radius 1 is 1.33 bits per heavy atom. The molecule has 1 aliphatic carbocycles. The second kappa shape index (κ2) is 6.73. The van der Waals surface area contributed by atoms with Crippen LogP contribution in [0, 0.1) is 5.92 Å². The number of nitrogens with two attached hydrogens (primary N) is 1. The standard InChI is InChI=1S/C13H24N2O3/c1-9-3-5-10(6-4-9)15(2)13(18)11(14)7-8-12(16)17/h9-11H,3-8,14H2,1-2H3,(H,16,17). The molecule has 18 heavy (non-hydrogen) atoms. The lowest BCUT2D eigenvalue weighted by molar-refractivity contribution is -0.138. The Hall–Kier alpha value is -1.10. The molecule has 1 aliphatic rings. The van der Waals surface area contributed by atoms with Gasteiger partial charge in [0.25, 0.3) is 0 Å². The molecular weight excluding hydrogens is 232 g/mol. The van der Waals surface area contributed by atoms with Gasteiger partial charge in [-0.25, -0.2) is 0 Å². The van der Waals surface area contributed by atoms with Gasteiger partial charge in [-0.2, -0.15) is 0 Å². The monoisotopic (exact) mass is 256 g/mol. The van der Waals surface area contributed by atoms with E-state index in [2.05, 4.69) is 6.92 Å². The zero-order valence-corrected chi connectivity index (χ0v) is 11.3. The summed E-state index contributed by atoms with van der Waals surface area (Å²) in [6, 6.07) is -0.421. The smallest absolute Gasteiger partial charge is 0.303 e. The van der Waals surface area contributed by atoms with Crippen molar-refractivity contribution in [2.45, 2.75) is 57.5 Å². The largest absolute Gasteiger partial charge is 0.481 e. The lowest BCUT2D eigenvalue weighted by Crippen LogP contribution is -2.47. The number of amides is 1. The molecule has 0 spiro atoms. The van der Waals surface area contributed by atoms with Crippen molar-refractivity contribution < 1.29 is 14.7 Å². The van der Waals surface area contributed by atoms with Crippen molar-refractivity contribution >= 4 is 11.9 Å². The van der Waals surface area contributed by atoms with E-state index in [0.29, 0.717) is 0 Å². The van der Waals surface area contributed by atoms with Gasteiger partial charge in [0.15, 0.2) is 0 Å². The summed E-state index contributed by atoms with van der Waals surface area (Å²) >= 11 is 0. The summed E-state index contributed by atoms with van der Waals surface area (Å²) in [7, 11) is 1.78. The summed E-state index contributed by atoms with van der Waals surface area (Å²) in [5, 5.41) is 8.58. The fourth-order valence-electron chi connectivity index (χ4n) is 2.47. The average molecular weight is 256 g/mol. The quantitative estimate of drug-likeness (QED) is 0.774. The Bertz CT molecular complexity index is 299. The number of aliphatic carboxylic acids is 1. The van der Waals surface area contributed by atoms with E-state index in [1.807, 2.05) is 0 Å². The molecule has 1 saturated carbocycles. The van der Waals surface area contributed by atoms with Crippen molar-refractivity contribution in [1.82, 2.24) is 4.90 Å². The number of carbonyl (C=O) groups is 2. The van der Waals surface area contributed by atoms with Crippen LogP contribution >= 0.6 is 0 Å². The van der Waals surface area contributed by atoms with E-state index in [9.17, 15) is 9.59 Å². The highest BCUT2D eigenvalue weighted by Crippen LogP contribution is 2.26. The topological polar surface area (TPSA) is 83.6 Å². The third kappa shape index (κ3) is 4.29. The van der Waals surface area contributed by atoms with Crippen molar-refractivity contribution in [3.8, 4) is 0 Å². The molecule has 1 rings (SSSR count). The molecule has 0 radical (unpaired) electrons. The molecule has 1 unspecified atom stereocenters. The number of rotatable bonds is 5.